The summed E-state index contributed by atoms with van der Waals surface area (Å²) >= 11 is 0. The van der Waals surface area contributed by atoms with Crippen molar-refractivity contribution in [2.75, 3.05) is 6.61 Å². The van der Waals surface area contributed by atoms with Crippen LogP contribution in [0.3, 0.4) is 0 Å². The molecular formula is C12H18O3. The van der Waals surface area contributed by atoms with Crippen molar-refractivity contribution >= 4 is 0 Å². The minimum absolute atomic E-state index is 0.0966. The SMILES string of the molecule is CCC[C@H](CO)Cc1ccc(O)c(O)c1. The number of hydrogen-bond acceptors (Lipinski definition) is 3. The maximum absolute atomic E-state index is 9.30. The lowest BCUT2D eigenvalue weighted by atomic mass is 9.96. The molecule has 1 aromatic rings. The highest BCUT2D eigenvalue weighted by Crippen LogP contribution is 2.26. The predicted octanol–water partition coefficient (Wildman–Crippen LogP) is 2.05. The molecule has 0 aliphatic rings. The number of aliphatic hydroxyl groups excluding tert-OH is 1. The first-order chi connectivity index (χ1) is 7.17. The number of phenolic OH excluding ortho intramolecular Hbond substituents is 2. The van der Waals surface area contributed by atoms with Gasteiger partial charge >= 0.3 is 0 Å². The summed E-state index contributed by atoms with van der Waals surface area (Å²) in [6.45, 7) is 2.24. The van der Waals surface area contributed by atoms with Gasteiger partial charge in [0.25, 0.3) is 0 Å². The Bertz CT molecular complexity index is 310. The first-order valence-corrected chi connectivity index (χ1v) is 5.29. The average Bonchev–Trinajstić information content (AvgIpc) is 2.23. The van der Waals surface area contributed by atoms with Crippen molar-refractivity contribution in [2.45, 2.75) is 26.2 Å². The van der Waals surface area contributed by atoms with Crippen molar-refractivity contribution in [2.24, 2.45) is 5.92 Å². The Morgan fingerprint density at radius 3 is 2.47 bits per heavy atom. The molecule has 0 aromatic heterocycles. The molecule has 3 nitrogen and oxygen atoms in total. The topological polar surface area (TPSA) is 60.7 Å². The minimum Gasteiger partial charge on any atom is -0.504 e. The zero-order valence-corrected chi connectivity index (χ0v) is 8.98. The van der Waals surface area contributed by atoms with E-state index in [4.69, 9.17) is 10.2 Å². The lowest BCUT2D eigenvalue weighted by molar-refractivity contribution is 0.217. The Labute approximate surface area is 90.0 Å². The van der Waals surface area contributed by atoms with E-state index in [-0.39, 0.29) is 24.0 Å². The van der Waals surface area contributed by atoms with Gasteiger partial charge < -0.3 is 15.3 Å². The highest BCUT2D eigenvalue weighted by atomic mass is 16.3. The second-order valence-electron chi connectivity index (χ2n) is 3.86. The molecule has 0 unspecified atom stereocenters. The first-order valence-electron chi connectivity index (χ1n) is 5.29. The van der Waals surface area contributed by atoms with Crippen LogP contribution < -0.4 is 0 Å². The van der Waals surface area contributed by atoms with Gasteiger partial charge in [0, 0.05) is 6.61 Å². The second kappa shape index (κ2) is 5.61. The molecule has 1 aromatic carbocycles. The molecule has 15 heavy (non-hydrogen) atoms. The molecule has 0 spiro atoms. The second-order valence-corrected chi connectivity index (χ2v) is 3.86. The minimum atomic E-state index is -0.102. The van der Waals surface area contributed by atoms with E-state index in [0.717, 1.165) is 24.8 Å². The summed E-state index contributed by atoms with van der Waals surface area (Å²) in [7, 11) is 0. The van der Waals surface area contributed by atoms with Gasteiger partial charge in [-0.3, -0.25) is 0 Å². The Morgan fingerprint density at radius 1 is 1.20 bits per heavy atom. The molecule has 0 saturated heterocycles. The third-order valence-corrected chi connectivity index (χ3v) is 2.52. The molecule has 3 heteroatoms. The van der Waals surface area contributed by atoms with Crippen LogP contribution in [0.1, 0.15) is 25.3 Å². The van der Waals surface area contributed by atoms with E-state index in [0.29, 0.717) is 0 Å². The highest BCUT2D eigenvalue weighted by Gasteiger charge is 2.09. The van der Waals surface area contributed by atoms with Crippen molar-refractivity contribution < 1.29 is 15.3 Å². The smallest absolute Gasteiger partial charge is 0.157 e. The lowest BCUT2D eigenvalue weighted by Crippen LogP contribution is -2.09. The third kappa shape index (κ3) is 3.44. The van der Waals surface area contributed by atoms with E-state index in [1.807, 2.05) is 0 Å². The van der Waals surface area contributed by atoms with Gasteiger partial charge in [0.15, 0.2) is 11.5 Å². The van der Waals surface area contributed by atoms with Gasteiger partial charge in [-0.25, -0.2) is 0 Å². The number of rotatable bonds is 5. The number of benzene rings is 1. The van der Waals surface area contributed by atoms with Gasteiger partial charge in [0.05, 0.1) is 0 Å². The molecule has 0 aliphatic carbocycles. The first kappa shape index (κ1) is 11.9. The van der Waals surface area contributed by atoms with Crippen LogP contribution in [0.2, 0.25) is 0 Å². The van der Waals surface area contributed by atoms with Gasteiger partial charge in [-0.1, -0.05) is 19.4 Å². The monoisotopic (exact) mass is 210 g/mol. The van der Waals surface area contributed by atoms with E-state index in [1.54, 1.807) is 12.1 Å². The summed E-state index contributed by atoms with van der Waals surface area (Å²) in [5, 5.41) is 27.6. The Hall–Kier alpha value is -1.22. The van der Waals surface area contributed by atoms with Crippen molar-refractivity contribution in [1.29, 1.82) is 0 Å². The summed E-state index contributed by atoms with van der Waals surface area (Å²) in [4.78, 5) is 0. The Kier molecular flexibility index (Phi) is 4.43. The van der Waals surface area contributed by atoms with Crippen molar-refractivity contribution in [1.82, 2.24) is 0 Å². The van der Waals surface area contributed by atoms with Crippen LogP contribution >= 0.6 is 0 Å². The van der Waals surface area contributed by atoms with E-state index in [1.165, 1.54) is 6.07 Å². The molecule has 0 radical (unpaired) electrons. The van der Waals surface area contributed by atoms with Crippen LogP contribution in [0.15, 0.2) is 18.2 Å². The molecule has 0 heterocycles. The zero-order chi connectivity index (χ0) is 11.3. The van der Waals surface area contributed by atoms with Gasteiger partial charge in [-0.15, -0.1) is 0 Å². The fourth-order valence-corrected chi connectivity index (χ4v) is 1.70. The summed E-state index contributed by atoms with van der Waals surface area (Å²) in [6.07, 6.45) is 2.74. The third-order valence-electron chi connectivity index (χ3n) is 2.52. The summed E-state index contributed by atoms with van der Waals surface area (Å²) in [5.74, 6) is 0.0365. The average molecular weight is 210 g/mol. The van der Waals surface area contributed by atoms with Crippen LogP contribution in [-0.4, -0.2) is 21.9 Å². The number of aliphatic hydroxyl groups is 1. The molecule has 0 fully saturated rings. The molecule has 1 rings (SSSR count). The highest BCUT2D eigenvalue weighted by molar-refractivity contribution is 5.40. The molecule has 0 bridgehead atoms. The summed E-state index contributed by atoms with van der Waals surface area (Å²) in [5.41, 5.74) is 0.942. The number of aromatic hydroxyl groups is 2. The van der Waals surface area contributed by atoms with E-state index >= 15 is 0 Å². The largest absolute Gasteiger partial charge is 0.504 e. The van der Waals surface area contributed by atoms with Crippen molar-refractivity contribution in [3.8, 4) is 11.5 Å². The zero-order valence-electron chi connectivity index (χ0n) is 8.98. The molecule has 0 amide bonds. The van der Waals surface area contributed by atoms with E-state index in [2.05, 4.69) is 6.92 Å². The molecule has 1 atom stereocenters. The van der Waals surface area contributed by atoms with Crippen LogP contribution in [0.4, 0.5) is 0 Å². The normalized spacial score (nSPS) is 12.7. The number of phenols is 2. The molecule has 0 saturated carbocycles. The van der Waals surface area contributed by atoms with Crippen molar-refractivity contribution in [3.05, 3.63) is 23.8 Å². The standard InChI is InChI=1S/C12H18O3/c1-2-3-10(8-13)6-9-4-5-11(14)12(15)7-9/h4-5,7,10,13-15H,2-3,6,8H2,1H3/t10-/m0/s1. The summed E-state index contributed by atoms with van der Waals surface area (Å²) < 4.78 is 0. The van der Waals surface area contributed by atoms with Crippen LogP contribution in [-0.2, 0) is 6.42 Å². The van der Waals surface area contributed by atoms with Gasteiger partial charge in [0.1, 0.15) is 0 Å². The number of hydrogen-bond donors (Lipinski definition) is 3. The van der Waals surface area contributed by atoms with E-state index < -0.39 is 0 Å². The van der Waals surface area contributed by atoms with Gasteiger partial charge in [0.2, 0.25) is 0 Å². The lowest BCUT2D eigenvalue weighted by Gasteiger charge is -2.13. The quantitative estimate of drug-likeness (QED) is 0.652. The predicted molar refractivity (Wildman–Crippen MR) is 59.0 cm³/mol. The van der Waals surface area contributed by atoms with E-state index in [9.17, 15) is 5.11 Å². The van der Waals surface area contributed by atoms with Crippen LogP contribution in [0.25, 0.3) is 0 Å². The maximum Gasteiger partial charge on any atom is 0.157 e. The molecular weight excluding hydrogens is 192 g/mol. The molecule has 3 N–H and O–H groups in total. The summed E-state index contributed by atoms with van der Waals surface area (Å²) in [6, 6.07) is 4.80. The Morgan fingerprint density at radius 2 is 1.93 bits per heavy atom. The van der Waals surface area contributed by atoms with Crippen LogP contribution in [0, 0.1) is 5.92 Å². The van der Waals surface area contributed by atoms with Gasteiger partial charge in [-0.2, -0.15) is 0 Å². The molecule has 0 aliphatic heterocycles. The molecule has 84 valence electrons. The van der Waals surface area contributed by atoms with Gasteiger partial charge in [-0.05, 0) is 36.5 Å². The fourth-order valence-electron chi connectivity index (χ4n) is 1.70. The maximum atomic E-state index is 9.30. The fraction of sp³-hybridized carbons (Fsp3) is 0.500. The van der Waals surface area contributed by atoms with Crippen LogP contribution in [0.5, 0.6) is 11.5 Å². The Balaban J connectivity index is 2.66. The van der Waals surface area contributed by atoms with Crippen molar-refractivity contribution in [3.63, 3.8) is 0 Å².